The zero-order valence-corrected chi connectivity index (χ0v) is 10.8. The average molecular weight is 270 g/mol. The van der Waals surface area contributed by atoms with Gasteiger partial charge in [-0.2, -0.15) is 11.8 Å². The van der Waals surface area contributed by atoms with Crippen molar-refractivity contribution >= 4 is 23.5 Å². The molecule has 7 heteroatoms. The van der Waals surface area contributed by atoms with Gasteiger partial charge in [0.2, 0.25) is 0 Å². The standard InChI is InChI=1S/C11H15FN4OS/c1-16(7-3-5-18-6-7)11(17)8-2-4-14-10(15-13)9(8)12/h2,4,7H,3,5-6,13H2,1H3,(H,14,15). The zero-order chi connectivity index (χ0) is 13.1. The largest absolute Gasteiger partial charge is 0.338 e. The zero-order valence-electron chi connectivity index (χ0n) is 10.0. The predicted molar refractivity (Wildman–Crippen MR) is 69.8 cm³/mol. The molecule has 1 aliphatic heterocycles. The number of hydrazine groups is 1. The van der Waals surface area contributed by atoms with E-state index in [4.69, 9.17) is 5.84 Å². The highest BCUT2D eigenvalue weighted by molar-refractivity contribution is 7.99. The van der Waals surface area contributed by atoms with E-state index in [-0.39, 0.29) is 23.3 Å². The van der Waals surface area contributed by atoms with Crippen molar-refractivity contribution < 1.29 is 9.18 Å². The minimum Gasteiger partial charge on any atom is -0.338 e. The number of thioether (sulfide) groups is 1. The van der Waals surface area contributed by atoms with Crippen molar-refractivity contribution in [3.05, 3.63) is 23.6 Å². The second kappa shape index (κ2) is 5.53. The normalized spacial score (nSPS) is 18.7. The third kappa shape index (κ3) is 2.41. The summed E-state index contributed by atoms with van der Waals surface area (Å²) in [4.78, 5) is 17.5. The lowest BCUT2D eigenvalue weighted by atomic mass is 10.1. The van der Waals surface area contributed by atoms with Gasteiger partial charge in [-0.05, 0) is 18.2 Å². The number of amides is 1. The number of pyridine rings is 1. The lowest BCUT2D eigenvalue weighted by Crippen LogP contribution is -2.37. The molecule has 3 N–H and O–H groups in total. The summed E-state index contributed by atoms with van der Waals surface area (Å²) in [5, 5.41) is 0. The first-order chi connectivity index (χ1) is 8.65. The monoisotopic (exact) mass is 270 g/mol. The van der Waals surface area contributed by atoms with Crippen LogP contribution in [0.5, 0.6) is 0 Å². The summed E-state index contributed by atoms with van der Waals surface area (Å²) in [7, 11) is 1.70. The molecule has 1 aromatic rings. The molecular weight excluding hydrogens is 255 g/mol. The van der Waals surface area contributed by atoms with E-state index in [1.807, 2.05) is 0 Å². The Morgan fingerprint density at radius 2 is 2.50 bits per heavy atom. The van der Waals surface area contributed by atoms with Gasteiger partial charge in [0.25, 0.3) is 5.91 Å². The average Bonchev–Trinajstić information content (AvgIpc) is 2.91. The highest BCUT2D eigenvalue weighted by Gasteiger charge is 2.27. The summed E-state index contributed by atoms with van der Waals surface area (Å²) in [5.41, 5.74) is 2.14. The number of nitrogens with zero attached hydrogens (tertiary/aromatic N) is 2. The Balaban J connectivity index is 2.22. The number of nitrogens with two attached hydrogens (primary N) is 1. The number of carbonyl (C=O) groups excluding carboxylic acids is 1. The Kier molecular flexibility index (Phi) is 4.03. The second-order valence-electron chi connectivity index (χ2n) is 4.10. The van der Waals surface area contributed by atoms with Crippen LogP contribution in [0, 0.1) is 5.82 Å². The van der Waals surface area contributed by atoms with Gasteiger partial charge in [0.1, 0.15) is 0 Å². The van der Waals surface area contributed by atoms with Crippen LogP contribution in [0.15, 0.2) is 12.3 Å². The molecule has 1 saturated heterocycles. The third-order valence-corrected chi connectivity index (χ3v) is 4.17. The molecule has 0 aromatic carbocycles. The summed E-state index contributed by atoms with van der Waals surface area (Å²) < 4.78 is 13.9. The van der Waals surface area contributed by atoms with Crippen LogP contribution in [0.25, 0.3) is 0 Å². The SMILES string of the molecule is CN(C(=O)c1ccnc(NN)c1F)C1CCSC1. The molecule has 1 aromatic heterocycles. The van der Waals surface area contributed by atoms with Crippen LogP contribution in [0.4, 0.5) is 10.2 Å². The van der Waals surface area contributed by atoms with Crippen LogP contribution in [-0.2, 0) is 0 Å². The Bertz CT molecular complexity index is 451. The van der Waals surface area contributed by atoms with E-state index in [1.54, 1.807) is 23.7 Å². The van der Waals surface area contributed by atoms with Crippen LogP contribution in [-0.4, -0.2) is 40.4 Å². The van der Waals surface area contributed by atoms with E-state index < -0.39 is 5.82 Å². The maximum absolute atomic E-state index is 13.9. The van der Waals surface area contributed by atoms with Gasteiger partial charge in [0.05, 0.1) is 5.56 Å². The van der Waals surface area contributed by atoms with Crippen molar-refractivity contribution in [3.8, 4) is 0 Å². The van der Waals surface area contributed by atoms with E-state index in [2.05, 4.69) is 10.4 Å². The molecule has 1 atom stereocenters. The molecule has 1 unspecified atom stereocenters. The maximum Gasteiger partial charge on any atom is 0.257 e. The molecule has 1 amide bonds. The lowest BCUT2D eigenvalue weighted by molar-refractivity contribution is 0.0743. The highest BCUT2D eigenvalue weighted by Crippen LogP contribution is 2.24. The minimum atomic E-state index is -0.706. The minimum absolute atomic E-state index is 0.00245. The smallest absolute Gasteiger partial charge is 0.257 e. The first-order valence-electron chi connectivity index (χ1n) is 5.61. The molecule has 18 heavy (non-hydrogen) atoms. The van der Waals surface area contributed by atoms with Gasteiger partial charge >= 0.3 is 0 Å². The Hall–Kier alpha value is -1.34. The molecular formula is C11H15FN4OS. The van der Waals surface area contributed by atoms with E-state index in [9.17, 15) is 9.18 Å². The molecule has 0 saturated carbocycles. The molecule has 2 rings (SSSR count). The lowest BCUT2D eigenvalue weighted by Gasteiger charge is -2.24. The summed E-state index contributed by atoms with van der Waals surface area (Å²) in [5.74, 6) is 5.92. The Labute approximate surface area is 109 Å². The molecule has 5 nitrogen and oxygen atoms in total. The van der Waals surface area contributed by atoms with Crippen molar-refractivity contribution in [2.45, 2.75) is 12.5 Å². The van der Waals surface area contributed by atoms with Gasteiger partial charge in [0, 0.05) is 25.0 Å². The molecule has 1 aliphatic rings. The number of halogens is 1. The topological polar surface area (TPSA) is 71.2 Å². The Morgan fingerprint density at radius 1 is 1.72 bits per heavy atom. The summed E-state index contributed by atoms with van der Waals surface area (Å²) in [6.45, 7) is 0. The second-order valence-corrected chi connectivity index (χ2v) is 5.25. The highest BCUT2D eigenvalue weighted by atomic mass is 32.2. The van der Waals surface area contributed by atoms with Crippen molar-refractivity contribution in [2.24, 2.45) is 5.84 Å². The van der Waals surface area contributed by atoms with Gasteiger partial charge in [-0.1, -0.05) is 0 Å². The summed E-state index contributed by atoms with van der Waals surface area (Å²) in [6.07, 6.45) is 2.31. The van der Waals surface area contributed by atoms with Crippen molar-refractivity contribution in [1.82, 2.24) is 9.88 Å². The molecule has 98 valence electrons. The number of hydrogen-bond donors (Lipinski definition) is 2. The van der Waals surface area contributed by atoms with Crippen molar-refractivity contribution in [1.29, 1.82) is 0 Å². The fourth-order valence-corrected chi connectivity index (χ4v) is 3.16. The summed E-state index contributed by atoms with van der Waals surface area (Å²) >= 11 is 1.80. The van der Waals surface area contributed by atoms with E-state index in [0.29, 0.717) is 0 Å². The molecule has 0 bridgehead atoms. The van der Waals surface area contributed by atoms with Crippen molar-refractivity contribution in [2.75, 3.05) is 24.0 Å². The number of hydrogen-bond acceptors (Lipinski definition) is 5. The molecule has 0 aliphatic carbocycles. The number of anilines is 1. The summed E-state index contributed by atoms with van der Waals surface area (Å²) in [6, 6.07) is 1.54. The predicted octanol–water partition coefficient (Wildman–Crippen LogP) is 1.08. The van der Waals surface area contributed by atoms with E-state index in [1.165, 1.54) is 12.3 Å². The first kappa shape index (κ1) is 13.1. The fraction of sp³-hybridized carbons (Fsp3) is 0.455. The number of aromatic nitrogens is 1. The van der Waals surface area contributed by atoms with Gasteiger partial charge in [-0.25, -0.2) is 15.2 Å². The van der Waals surface area contributed by atoms with E-state index in [0.717, 1.165) is 17.9 Å². The number of carbonyl (C=O) groups is 1. The molecule has 1 fully saturated rings. The van der Waals surface area contributed by atoms with Crippen LogP contribution in [0.2, 0.25) is 0 Å². The Morgan fingerprint density at radius 3 is 3.11 bits per heavy atom. The van der Waals surface area contributed by atoms with Crippen LogP contribution in [0.3, 0.4) is 0 Å². The van der Waals surface area contributed by atoms with Crippen LogP contribution < -0.4 is 11.3 Å². The van der Waals surface area contributed by atoms with Gasteiger partial charge in [-0.15, -0.1) is 0 Å². The third-order valence-electron chi connectivity index (χ3n) is 3.03. The first-order valence-corrected chi connectivity index (χ1v) is 6.76. The molecule has 0 spiro atoms. The quantitative estimate of drug-likeness (QED) is 0.635. The van der Waals surface area contributed by atoms with Gasteiger partial charge in [0.15, 0.2) is 11.6 Å². The fourth-order valence-electron chi connectivity index (χ4n) is 1.89. The van der Waals surface area contributed by atoms with Crippen LogP contribution in [0.1, 0.15) is 16.8 Å². The van der Waals surface area contributed by atoms with E-state index >= 15 is 0 Å². The molecule has 2 heterocycles. The molecule has 0 radical (unpaired) electrons. The number of nitrogen functional groups attached to an aromatic ring is 1. The maximum atomic E-state index is 13.9. The number of nitrogens with one attached hydrogen (secondary N) is 1. The van der Waals surface area contributed by atoms with Gasteiger partial charge in [-0.3, -0.25) is 4.79 Å². The van der Waals surface area contributed by atoms with Crippen LogP contribution >= 0.6 is 11.8 Å². The van der Waals surface area contributed by atoms with Gasteiger partial charge < -0.3 is 10.3 Å². The van der Waals surface area contributed by atoms with Crippen molar-refractivity contribution in [3.63, 3.8) is 0 Å². The number of rotatable bonds is 3.